The Morgan fingerprint density at radius 2 is 0.960 bits per heavy atom. The molecule has 4 atom stereocenters. The zero-order chi connectivity index (χ0) is 17.7. The minimum absolute atomic E-state index is 0.109. The van der Waals surface area contributed by atoms with Crippen molar-refractivity contribution in [1.29, 1.82) is 0 Å². The van der Waals surface area contributed by atoms with Crippen molar-refractivity contribution < 1.29 is 21.6 Å². The summed E-state index contributed by atoms with van der Waals surface area (Å²) in [5, 5.41) is -2.31. The highest BCUT2D eigenvalue weighted by molar-refractivity contribution is 7.96. The van der Waals surface area contributed by atoms with E-state index in [0.717, 1.165) is 0 Å². The Morgan fingerprint density at radius 3 is 1.32 bits per heavy atom. The number of rotatable bonds is 4. The molecule has 4 rings (SSSR count). The van der Waals surface area contributed by atoms with Gasteiger partial charge in [0.25, 0.3) is 0 Å². The Labute approximate surface area is 146 Å². The van der Waals surface area contributed by atoms with E-state index in [2.05, 4.69) is 0 Å². The van der Waals surface area contributed by atoms with Crippen molar-refractivity contribution in [3.05, 3.63) is 72.8 Å². The van der Waals surface area contributed by atoms with Gasteiger partial charge in [-0.1, -0.05) is 48.6 Å². The summed E-state index contributed by atoms with van der Waals surface area (Å²) in [6, 6.07) is 15.9. The summed E-state index contributed by atoms with van der Waals surface area (Å²) in [6.07, 6.45) is 1.79. The first-order valence-corrected chi connectivity index (χ1v) is 10.9. The standard InChI is InChI=1S/C18H16O5S2/c19-24(20,13-7-3-1-4-8-13)17-15-11-12-16(23-15)18(17)25(21,22)14-9-5-2-6-10-14/h1-12,15-18H. The molecular formula is C18H16O5S2. The number of ether oxygens (including phenoxy) is 1. The van der Waals surface area contributed by atoms with Gasteiger partial charge in [-0.05, 0) is 24.3 Å². The molecule has 2 aromatic rings. The van der Waals surface area contributed by atoms with Gasteiger partial charge in [-0.25, -0.2) is 16.8 Å². The van der Waals surface area contributed by atoms with E-state index in [1.54, 1.807) is 48.6 Å². The predicted octanol–water partition coefficient (Wildman–Crippen LogP) is 2.01. The normalized spacial score (nSPS) is 28.3. The van der Waals surface area contributed by atoms with E-state index in [-0.39, 0.29) is 9.79 Å². The van der Waals surface area contributed by atoms with Gasteiger partial charge in [-0.2, -0.15) is 0 Å². The summed E-state index contributed by atoms with van der Waals surface area (Å²) in [6.45, 7) is 0. The molecular weight excluding hydrogens is 360 g/mol. The molecule has 1 fully saturated rings. The molecule has 0 amide bonds. The number of sulfone groups is 2. The molecule has 25 heavy (non-hydrogen) atoms. The third kappa shape index (κ3) is 2.54. The molecule has 1 saturated heterocycles. The van der Waals surface area contributed by atoms with Crippen molar-refractivity contribution in [2.24, 2.45) is 0 Å². The maximum atomic E-state index is 13.1. The molecule has 0 radical (unpaired) electrons. The van der Waals surface area contributed by atoms with E-state index >= 15 is 0 Å². The van der Waals surface area contributed by atoms with E-state index in [0.29, 0.717) is 0 Å². The average Bonchev–Trinajstić information content (AvgIpc) is 3.25. The van der Waals surface area contributed by atoms with E-state index in [1.165, 1.54) is 24.3 Å². The van der Waals surface area contributed by atoms with Gasteiger partial charge in [0.05, 0.1) is 22.0 Å². The third-order valence-electron chi connectivity index (χ3n) is 4.64. The zero-order valence-corrected chi connectivity index (χ0v) is 14.7. The largest absolute Gasteiger partial charge is 0.364 e. The van der Waals surface area contributed by atoms with Crippen molar-refractivity contribution in [1.82, 2.24) is 0 Å². The Morgan fingerprint density at radius 1 is 0.600 bits per heavy atom. The number of benzene rings is 2. The molecule has 0 N–H and O–H groups in total. The third-order valence-corrected chi connectivity index (χ3v) is 9.22. The number of hydrogen-bond donors (Lipinski definition) is 0. The summed E-state index contributed by atoms with van der Waals surface area (Å²) in [5.74, 6) is 0. The summed E-state index contributed by atoms with van der Waals surface area (Å²) in [4.78, 5) is 0.218. The second kappa shape index (κ2) is 5.79. The lowest BCUT2D eigenvalue weighted by molar-refractivity contribution is 0.121. The number of fused-ring (bicyclic) bond motifs is 2. The van der Waals surface area contributed by atoms with Crippen LogP contribution in [0.15, 0.2) is 82.6 Å². The Balaban J connectivity index is 1.84. The quantitative estimate of drug-likeness (QED) is 0.763. The topological polar surface area (TPSA) is 77.5 Å². The van der Waals surface area contributed by atoms with Crippen LogP contribution in [0.4, 0.5) is 0 Å². The van der Waals surface area contributed by atoms with Gasteiger partial charge < -0.3 is 4.74 Å². The van der Waals surface area contributed by atoms with Crippen molar-refractivity contribution in [3.8, 4) is 0 Å². The minimum Gasteiger partial charge on any atom is -0.364 e. The SMILES string of the molecule is O=S(=O)(c1ccccc1)C1C2C=CC(O2)C1S(=O)(=O)c1ccccc1. The smallest absolute Gasteiger partial charge is 0.185 e. The molecule has 0 aromatic heterocycles. The van der Waals surface area contributed by atoms with Crippen molar-refractivity contribution in [3.63, 3.8) is 0 Å². The summed E-state index contributed by atoms with van der Waals surface area (Å²) < 4.78 is 58.2. The van der Waals surface area contributed by atoms with Crippen molar-refractivity contribution >= 4 is 19.7 Å². The maximum absolute atomic E-state index is 13.1. The fourth-order valence-electron chi connectivity index (χ4n) is 3.48. The van der Waals surface area contributed by atoms with Crippen LogP contribution in [-0.4, -0.2) is 39.5 Å². The first kappa shape index (κ1) is 16.5. The van der Waals surface area contributed by atoms with Crippen LogP contribution in [-0.2, 0) is 24.4 Å². The second-order valence-electron chi connectivity index (χ2n) is 6.10. The van der Waals surface area contributed by atoms with Crippen LogP contribution in [0.2, 0.25) is 0 Å². The fraction of sp³-hybridized carbons (Fsp3) is 0.222. The van der Waals surface area contributed by atoms with Crippen LogP contribution >= 0.6 is 0 Å². The molecule has 0 saturated carbocycles. The molecule has 2 bridgehead atoms. The zero-order valence-electron chi connectivity index (χ0n) is 13.1. The summed E-state index contributed by atoms with van der Waals surface area (Å²) in [5.41, 5.74) is 0. The Bertz CT molecular complexity index is 928. The van der Waals surface area contributed by atoms with Gasteiger partial charge in [0.15, 0.2) is 19.7 Å². The molecule has 2 aliphatic rings. The van der Waals surface area contributed by atoms with Gasteiger partial charge in [0.2, 0.25) is 0 Å². The first-order valence-electron chi connectivity index (χ1n) is 7.84. The van der Waals surface area contributed by atoms with Gasteiger partial charge in [0, 0.05) is 0 Å². The van der Waals surface area contributed by atoms with Gasteiger partial charge in [-0.15, -0.1) is 0 Å². The molecule has 7 heteroatoms. The van der Waals surface area contributed by atoms with E-state index < -0.39 is 42.4 Å². The molecule has 2 aliphatic heterocycles. The lowest BCUT2D eigenvalue weighted by atomic mass is 10.1. The Hall–Kier alpha value is -1.96. The molecule has 0 aliphatic carbocycles. The average molecular weight is 376 g/mol. The summed E-state index contributed by atoms with van der Waals surface area (Å²) >= 11 is 0. The van der Waals surface area contributed by atoms with Gasteiger partial charge in [-0.3, -0.25) is 0 Å². The highest BCUT2D eigenvalue weighted by Gasteiger charge is 2.58. The fourth-order valence-corrected chi connectivity index (χ4v) is 8.09. The van der Waals surface area contributed by atoms with E-state index in [1.807, 2.05) is 0 Å². The maximum Gasteiger partial charge on any atom is 0.185 e. The van der Waals surface area contributed by atoms with Gasteiger partial charge >= 0.3 is 0 Å². The molecule has 2 heterocycles. The van der Waals surface area contributed by atoms with Crippen LogP contribution in [0.1, 0.15) is 0 Å². The Kier molecular flexibility index (Phi) is 3.82. The summed E-state index contributed by atoms with van der Waals surface area (Å²) in [7, 11) is -7.73. The first-order chi connectivity index (χ1) is 11.9. The molecule has 5 nitrogen and oxygen atoms in total. The lowest BCUT2D eigenvalue weighted by Gasteiger charge is -2.25. The van der Waals surface area contributed by atoms with Crippen LogP contribution in [0.3, 0.4) is 0 Å². The molecule has 0 spiro atoms. The van der Waals surface area contributed by atoms with Crippen LogP contribution in [0.25, 0.3) is 0 Å². The molecule has 130 valence electrons. The number of hydrogen-bond acceptors (Lipinski definition) is 5. The molecule has 4 unspecified atom stereocenters. The minimum atomic E-state index is -3.87. The van der Waals surface area contributed by atoms with Gasteiger partial charge in [0.1, 0.15) is 10.5 Å². The molecule has 2 aromatic carbocycles. The highest BCUT2D eigenvalue weighted by Crippen LogP contribution is 2.41. The lowest BCUT2D eigenvalue weighted by Crippen LogP contribution is -2.45. The van der Waals surface area contributed by atoms with E-state index in [9.17, 15) is 16.8 Å². The van der Waals surface area contributed by atoms with Crippen LogP contribution in [0.5, 0.6) is 0 Å². The highest BCUT2D eigenvalue weighted by atomic mass is 32.2. The predicted molar refractivity (Wildman–Crippen MR) is 92.6 cm³/mol. The van der Waals surface area contributed by atoms with Crippen molar-refractivity contribution in [2.45, 2.75) is 32.5 Å². The second-order valence-corrected chi connectivity index (χ2v) is 10.3. The monoisotopic (exact) mass is 376 g/mol. The van der Waals surface area contributed by atoms with E-state index in [4.69, 9.17) is 4.74 Å². The van der Waals surface area contributed by atoms with Crippen molar-refractivity contribution in [2.75, 3.05) is 0 Å². The van der Waals surface area contributed by atoms with Crippen LogP contribution in [0, 0.1) is 0 Å². The van der Waals surface area contributed by atoms with Crippen LogP contribution < -0.4 is 0 Å².